The average Bonchev–Trinajstić information content (AvgIpc) is 2.90. The van der Waals surface area contributed by atoms with E-state index in [4.69, 9.17) is 9.47 Å². The van der Waals surface area contributed by atoms with Crippen molar-refractivity contribution < 1.29 is 9.47 Å². The third-order valence-electron chi connectivity index (χ3n) is 6.51. The molecule has 0 amide bonds. The molecule has 2 fully saturated rings. The molecule has 2 aliphatic carbocycles. The minimum atomic E-state index is 0.278. The Bertz CT molecular complexity index is 618. The summed E-state index contributed by atoms with van der Waals surface area (Å²) in [4.78, 5) is 0. The van der Waals surface area contributed by atoms with Crippen molar-refractivity contribution in [3.8, 4) is 5.75 Å². The number of benzene rings is 1. The van der Waals surface area contributed by atoms with E-state index in [0.717, 1.165) is 18.8 Å². The summed E-state index contributed by atoms with van der Waals surface area (Å²) >= 11 is 0. The fourth-order valence-electron chi connectivity index (χ4n) is 5.25. The minimum absolute atomic E-state index is 0.278. The van der Waals surface area contributed by atoms with Crippen LogP contribution in [0.15, 0.2) is 29.8 Å². The number of fused-ring (bicyclic) bond motifs is 5. The van der Waals surface area contributed by atoms with Crippen LogP contribution >= 0.6 is 0 Å². The Morgan fingerprint density at radius 3 is 2.95 bits per heavy atom. The summed E-state index contributed by atoms with van der Waals surface area (Å²) in [5.41, 5.74) is 4.85. The van der Waals surface area contributed by atoms with E-state index in [2.05, 4.69) is 38.1 Å². The zero-order chi connectivity index (χ0) is 15.3. The van der Waals surface area contributed by atoms with Gasteiger partial charge in [0.15, 0.2) is 0 Å². The lowest BCUT2D eigenvalue weighted by Gasteiger charge is -2.48. The molecule has 2 nitrogen and oxygen atoms in total. The second-order valence-electron chi connectivity index (χ2n) is 7.38. The lowest BCUT2D eigenvalue weighted by atomic mass is 9.57. The number of hydrogen-bond acceptors (Lipinski definition) is 2. The van der Waals surface area contributed by atoms with E-state index in [0.29, 0.717) is 17.9 Å². The molecule has 0 radical (unpaired) electrons. The second kappa shape index (κ2) is 5.13. The summed E-state index contributed by atoms with van der Waals surface area (Å²) in [5.74, 6) is 2.34. The Kier molecular flexibility index (Phi) is 3.34. The van der Waals surface area contributed by atoms with Gasteiger partial charge in [-0.3, -0.25) is 0 Å². The van der Waals surface area contributed by atoms with Crippen molar-refractivity contribution in [1.29, 1.82) is 0 Å². The van der Waals surface area contributed by atoms with Gasteiger partial charge in [0, 0.05) is 5.41 Å². The highest BCUT2D eigenvalue weighted by atomic mass is 16.5. The predicted octanol–water partition coefficient (Wildman–Crippen LogP) is 4.49. The molecule has 4 rings (SSSR count). The van der Waals surface area contributed by atoms with E-state index < -0.39 is 0 Å². The Labute approximate surface area is 133 Å². The average molecular weight is 298 g/mol. The van der Waals surface area contributed by atoms with Crippen LogP contribution in [-0.4, -0.2) is 19.8 Å². The van der Waals surface area contributed by atoms with Crippen molar-refractivity contribution in [3.05, 3.63) is 41.0 Å². The summed E-state index contributed by atoms with van der Waals surface area (Å²) in [6.07, 6.45) is 7.66. The molecule has 0 N–H and O–H groups in total. The lowest BCUT2D eigenvalue weighted by Crippen LogP contribution is -2.44. The lowest BCUT2D eigenvalue weighted by molar-refractivity contribution is -0.0331. The van der Waals surface area contributed by atoms with Crippen LogP contribution in [0.25, 0.3) is 0 Å². The smallest absolute Gasteiger partial charge is 0.119 e. The van der Waals surface area contributed by atoms with Crippen molar-refractivity contribution in [3.63, 3.8) is 0 Å². The maximum Gasteiger partial charge on any atom is 0.119 e. The molecule has 1 heterocycles. The molecule has 1 aromatic carbocycles. The Balaban J connectivity index is 1.69. The fraction of sp³-hybridized carbons (Fsp3) is 0.600. The summed E-state index contributed by atoms with van der Waals surface area (Å²) < 4.78 is 11.7. The Morgan fingerprint density at radius 2 is 2.18 bits per heavy atom. The quantitative estimate of drug-likeness (QED) is 0.711. The van der Waals surface area contributed by atoms with Gasteiger partial charge in [-0.2, -0.15) is 0 Å². The first-order chi connectivity index (χ1) is 10.7. The Morgan fingerprint density at radius 1 is 1.32 bits per heavy atom. The molecule has 4 atom stereocenters. The van der Waals surface area contributed by atoms with Gasteiger partial charge in [0.1, 0.15) is 5.75 Å². The van der Waals surface area contributed by atoms with Crippen LogP contribution in [0.3, 0.4) is 0 Å². The normalized spacial score (nSPS) is 38.3. The molecule has 1 saturated heterocycles. The molecular formula is C20H26O2. The zero-order valence-electron chi connectivity index (χ0n) is 13.9. The van der Waals surface area contributed by atoms with E-state index in [1.807, 2.05) is 0 Å². The Hall–Kier alpha value is -1.28. The van der Waals surface area contributed by atoms with Gasteiger partial charge >= 0.3 is 0 Å². The van der Waals surface area contributed by atoms with Crippen molar-refractivity contribution in [2.24, 2.45) is 11.3 Å². The second-order valence-corrected chi connectivity index (χ2v) is 7.38. The van der Waals surface area contributed by atoms with Crippen molar-refractivity contribution in [2.75, 3.05) is 13.7 Å². The van der Waals surface area contributed by atoms with Crippen molar-refractivity contribution in [2.45, 2.75) is 51.6 Å². The van der Waals surface area contributed by atoms with E-state index in [1.54, 1.807) is 12.7 Å². The summed E-state index contributed by atoms with van der Waals surface area (Å²) in [6.45, 7) is 5.44. The first-order valence-electron chi connectivity index (χ1n) is 8.61. The summed E-state index contributed by atoms with van der Waals surface area (Å²) in [6, 6.07) is 6.67. The molecular weight excluding hydrogens is 272 g/mol. The third kappa shape index (κ3) is 1.89. The van der Waals surface area contributed by atoms with Crippen LogP contribution in [0.5, 0.6) is 5.75 Å². The molecule has 0 spiro atoms. The van der Waals surface area contributed by atoms with Crippen LogP contribution in [0, 0.1) is 11.3 Å². The molecule has 1 saturated carbocycles. The van der Waals surface area contributed by atoms with Crippen molar-refractivity contribution >= 4 is 0 Å². The molecule has 0 aromatic heterocycles. The van der Waals surface area contributed by atoms with Gasteiger partial charge in [0.25, 0.3) is 0 Å². The van der Waals surface area contributed by atoms with Crippen LogP contribution in [0.1, 0.15) is 50.2 Å². The number of aryl methyl sites for hydroxylation is 1. The van der Waals surface area contributed by atoms with Gasteiger partial charge in [0.2, 0.25) is 0 Å². The van der Waals surface area contributed by atoms with E-state index in [-0.39, 0.29) is 5.41 Å². The standard InChI is InChI=1S/C20H26O2/c1-4-14-12-22-19-18-7-5-13-11-15(21-3)6-8-16(13)17(18)9-10-20(14,19)2/h4,6,8,11,17-19H,5,7,9-10,12H2,1-3H3/t17-,18-,19+,20-/m1/s1. The maximum atomic E-state index is 6.30. The van der Waals surface area contributed by atoms with Crippen molar-refractivity contribution in [1.82, 2.24) is 0 Å². The highest BCUT2D eigenvalue weighted by Crippen LogP contribution is 2.57. The topological polar surface area (TPSA) is 18.5 Å². The third-order valence-corrected chi connectivity index (χ3v) is 6.51. The van der Waals surface area contributed by atoms with E-state index in [9.17, 15) is 0 Å². The first kappa shape index (κ1) is 14.3. The predicted molar refractivity (Wildman–Crippen MR) is 88.4 cm³/mol. The molecule has 118 valence electrons. The minimum Gasteiger partial charge on any atom is -0.497 e. The fourth-order valence-corrected chi connectivity index (χ4v) is 5.25. The molecule has 1 aromatic rings. The number of methoxy groups -OCH3 is 1. The first-order valence-corrected chi connectivity index (χ1v) is 8.61. The molecule has 3 aliphatic rings. The number of hydrogen-bond donors (Lipinski definition) is 0. The molecule has 0 bridgehead atoms. The number of ether oxygens (including phenoxy) is 2. The molecule has 2 heteroatoms. The van der Waals surface area contributed by atoms with Crippen LogP contribution in [0.2, 0.25) is 0 Å². The SMILES string of the molecule is CC=C1CO[C@H]2[C@@H]3CCc4cc(OC)ccc4[C@H]3CC[C@]12C. The van der Waals surface area contributed by atoms with Crippen LogP contribution in [-0.2, 0) is 11.2 Å². The van der Waals surface area contributed by atoms with Crippen LogP contribution in [0.4, 0.5) is 0 Å². The van der Waals surface area contributed by atoms with Gasteiger partial charge in [-0.15, -0.1) is 0 Å². The van der Waals surface area contributed by atoms with Gasteiger partial charge in [-0.05, 0) is 73.3 Å². The molecule has 22 heavy (non-hydrogen) atoms. The highest BCUT2D eigenvalue weighted by molar-refractivity contribution is 5.41. The largest absolute Gasteiger partial charge is 0.497 e. The van der Waals surface area contributed by atoms with Gasteiger partial charge in [-0.1, -0.05) is 19.1 Å². The molecule has 0 unspecified atom stereocenters. The van der Waals surface area contributed by atoms with Crippen LogP contribution < -0.4 is 4.74 Å². The molecule has 1 aliphatic heterocycles. The number of allylic oxidation sites excluding steroid dienone is 1. The monoisotopic (exact) mass is 298 g/mol. The number of rotatable bonds is 1. The highest BCUT2D eigenvalue weighted by Gasteiger charge is 2.53. The summed E-state index contributed by atoms with van der Waals surface area (Å²) in [5, 5.41) is 0. The van der Waals surface area contributed by atoms with E-state index >= 15 is 0 Å². The zero-order valence-corrected chi connectivity index (χ0v) is 13.9. The van der Waals surface area contributed by atoms with E-state index in [1.165, 1.54) is 30.4 Å². The summed E-state index contributed by atoms with van der Waals surface area (Å²) in [7, 11) is 1.75. The van der Waals surface area contributed by atoms with Gasteiger partial charge in [0.05, 0.1) is 19.8 Å². The maximum absolute atomic E-state index is 6.30. The van der Waals surface area contributed by atoms with Gasteiger partial charge in [-0.25, -0.2) is 0 Å². The van der Waals surface area contributed by atoms with Gasteiger partial charge < -0.3 is 9.47 Å².